The molecule has 171 valence electrons. The molecule has 0 spiro atoms. The summed E-state index contributed by atoms with van der Waals surface area (Å²) in [4.78, 5) is 8.59. The van der Waals surface area contributed by atoms with E-state index in [0.29, 0.717) is 11.3 Å². The molecule has 1 radical (unpaired) electrons. The molecule has 5 aromatic rings. The summed E-state index contributed by atoms with van der Waals surface area (Å²) in [7, 11) is 0. The zero-order valence-electron chi connectivity index (χ0n) is 18.3. The van der Waals surface area contributed by atoms with Crippen LogP contribution in [-0.4, -0.2) is 9.97 Å². The molecule has 0 fully saturated rings. The molecule has 5 rings (SSSR count). The van der Waals surface area contributed by atoms with Crippen molar-refractivity contribution in [2.45, 2.75) is 6.92 Å². The molecule has 0 aliphatic carbocycles. The largest absolute Gasteiger partial charge is 0.304 e. The maximum absolute atomic E-state index is 12.9. The van der Waals surface area contributed by atoms with Gasteiger partial charge in [0.1, 0.15) is 0 Å². The van der Waals surface area contributed by atoms with Gasteiger partial charge in [-0.05, 0) is 35.0 Å². The van der Waals surface area contributed by atoms with Crippen molar-refractivity contribution in [1.29, 1.82) is 0 Å². The normalized spacial score (nSPS) is 9.97. The van der Waals surface area contributed by atoms with E-state index in [1.165, 1.54) is 5.56 Å². The molecule has 0 saturated heterocycles. The van der Waals surface area contributed by atoms with Gasteiger partial charge in [-0.3, -0.25) is 4.39 Å². The molecule has 5 heteroatoms. The Labute approximate surface area is 211 Å². The van der Waals surface area contributed by atoms with Crippen molar-refractivity contribution < 1.29 is 28.9 Å². The molecule has 0 bridgehead atoms. The second-order valence-corrected chi connectivity index (χ2v) is 7.34. The third-order valence-corrected chi connectivity index (χ3v) is 4.90. The van der Waals surface area contributed by atoms with Crippen LogP contribution < -0.4 is 0 Å². The minimum Gasteiger partial charge on any atom is -0.304 e. The van der Waals surface area contributed by atoms with Crippen LogP contribution in [0.3, 0.4) is 0 Å². The quantitative estimate of drug-likeness (QED) is 0.196. The Morgan fingerprint density at radius 2 is 1.35 bits per heavy atom. The molecule has 0 aliphatic heterocycles. The SMILES string of the molecule is Cc1ccc(-c2[c-]cc(F)c(F)c2)nc1.[Ir].[c-]1ccccc1-c1ccc(-c2ccccc2)cn1. The molecular weight excluding hydrogens is 607 g/mol. The summed E-state index contributed by atoms with van der Waals surface area (Å²) in [5, 5.41) is 0. The molecule has 0 amide bonds. The van der Waals surface area contributed by atoms with E-state index in [0.717, 1.165) is 34.5 Å². The Balaban J connectivity index is 0.000000188. The van der Waals surface area contributed by atoms with Crippen LogP contribution in [0.25, 0.3) is 33.6 Å². The first-order valence-corrected chi connectivity index (χ1v) is 10.4. The van der Waals surface area contributed by atoms with Crippen molar-refractivity contribution in [3.63, 3.8) is 0 Å². The van der Waals surface area contributed by atoms with Crippen molar-refractivity contribution in [3.05, 3.63) is 133 Å². The fourth-order valence-corrected chi connectivity index (χ4v) is 3.13. The van der Waals surface area contributed by atoms with E-state index >= 15 is 0 Å². The standard InChI is InChI=1S/C17H12N.C12H8F2N.Ir/c1-3-7-14(8-4-1)16-11-12-17(18-13-16)15-9-5-2-6-10-15;1-8-2-5-12(15-7-8)9-3-4-10(13)11(14)6-9;/h1-9,11-13H;2,4-7H,1H3;/q2*-1;. The summed E-state index contributed by atoms with van der Waals surface area (Å²) in [5.41, 5.74) is 6.35. The van der Waals surface area contributed by atoms with Gasteiger partial charge in [-0.25, -0.2) is 4.39 Å². The van der Waals surface area contributed by atoms with Crippen LogP contribution in [0.5, 0.6) is 0 Å². The van der Waals surface area contributed by atoms with E-state index in [1.807, 2.05) is 67.7 Å². The number of nitrogens with zero attached hydrogens (tertiary/aromatic N) is 2. The van der Waals surface area contributed by atoms with Gasteiger partial charge in [-0.15, -0.1) is 59.7 Å². The molecule has 34 heavy (non-hydrogen) atoms. The second kappa shape index (κ2) is 12.1. The summed E-state index contributed by atoms with van der Waals surface area (Å²) in [5.74, 6) is -1.78. The average Bonchev–Trinajstić information content (AvgIpc) is 2.88. The zero-order chi connectivity index (χ0) is 23.0. The predicted molar refractivity (Wildman–Crippen MR) is 127 cm³/mol. The summed E-state index contributed by atoms with van der Waals surface area (Å²) in [6, 6.07) is 33.8. The first kappa shape index (κ1) is 25.1. The topological polar surface area (TPSA) is 25.8 Å². The van der Waals surface area contributed by atoms with E-state index in [1.54, 1.807) is 12.3 Å². The summed E-state index contributed by atoms with van der Waals surface area (Å²) in [6.07, 6.45) is 3.58. The van der Waals surface area contributed by atoms with Crippen LogP contribution in [0, 0.1) is 30.7 Å². The minimum atomic E-state index is -0.897. The Morgan fingerprint density at radius 3 is 1.97 bits per heavy atom. The number of halogens is 2. The Bertz CT molecular complexity index is 1250. The minimum absolute atomic E-state index is 0. The van der Waals surface area contributed by atoms with E-state index in [2.05, 4.69) is 40.3 Å². The Hall–Kier alpha value is -3.53. The maximum Gasteiger partial charge on any atom is 0.0765 e. The van der Waals surface area contributed by atoms with Gasteiger partial charge in [-0.2, -0.15) is 0 Å². The third kappa shape index (κ3) is 6.50. The van der Waals surface area contributed by atoms with Gasteiger partial charge in [0.05, 0.1) is 11.6 Å². The van der Waals surface area contributed by atoms with Crippen molar-refractivity contribution >= 4 is 0 Å². The molecule has 2 heterocycles. The van der Waals surface area contributed by atoms with Gasteiger partial charge in [0.15, 0.2) is 0 Å². The maximum atomic E-state index is 12.9. The van der Waals surface area contributed by atoms with Crippen LogP contribution in [-0.2, 0) is 20.1 Å². The van der Waals surface area contributed by atoms with E-state index in [-0.39, 0.29) is 20.1 Å². The molecule has 0 aliphatic rings. The van der Waals surface area contributed by atoms with E-state index < -0.39 is 11.6 Å². The van der Waals surface area contributed by atoms with E-state index in [9.17, 15) is 8.78 Å². The summed E-state index contributed by atoms with van der Waals surface area (Å²) >= 11 is 0. The molecule has 0 N–H and O–H groups in total. The van der Waals surface area contributed by atoms with Crippen molar-refractivity contribution in [2.24, 2.45) is 0 Å². The number of hydrogen-bond acceptors (Lipinski definition) is 2. The van der Waals surface area contributed by atoms with Crippen molar-refractivity contribution in [3.8, 4) is 33.6 Å². The van der Waals surface area contributed by atoms with Crippen LogP contribution in [0.1, 0.15) is 5.56 Å². The molecule has 3 aromatic carbocycles. The molecular formula is C29H20F2IrN2-2. The molecule has 0 unspecified atom stereocenters. The number of hydrogen-bond donors (Lipinski definition) is 0. The first-order valence-electron chi connectivity index (χ1n) is 10.4. The number of benzene rings is 3. The van der Waals surface area contributed by atoms with Gasteiger partial charge in [0.25, 0.3) is 0 Å². The smallest absolute Gasteiger partial charge is 0.0765 e. The van der Waals surface area contributed by atoms with Gasteiger partial charge < -0.3 is 9.97 Å². The average molecular weight is 627 g/mol. The fourth-order valence-electron chi connectivity index (χ4n) is 3.13. The first-order chi connectivity index (χ1) is 16.1. The number of rotatable bonds is 3. The van der Waals surface area contributed by atoms with Gasteiger partial charge >= 0.3 is 0 Å². The van der Waals surface area contributed by atoms with Crippen LogP contribution in [0.2, 0.25) is 0 Å². The molecule has 2 nitrogen and oxygen atoms in total. The van der Waals surface area contributed by atoms with Crippen molar-refractivity contribution in [1.82, 2.24) is 9.97 Å². The van der Waals surface area contributed by atoms with E-state index in [4.69, 9.17) is 0 Å². The Morgan fingerprint density at radius 1 is 0.647 bits per heavy atom. The Kier molecular flexibility index (Phi) is 8.92. The fraction of sp³-hybridized carbons (Fsp3) is 0.0345. The van der Waals surface area contributed by atoms with Crippen LogP contribution in [0.4, 0.5) is 8.78 Å². The van der Waals surface area contributed by atoms with Gasteiger partial charge in [0.2, 0.25) is 0 Å². The summed E-state index contributed by atoms with van der Waals surface area (Å²) < 4.78 is 25.6. The van der Waals surface area contributed by atoms with Crippen LogP contribution in [0.15, 0.2) is 103 Å². The van der Waals surface area contributed by atoms with Crippen LogP contribution >= 0.6 is 0 Å². The second-order valence-electron chi connectivity index (χ2n) is 7.34. The zero-order valence-corrected chi connectivity index (χ0v) is 20.7. The third-order valence-electron chi connectivity index (χ3n) is 4.90. The predicted octanol–water partition coefficient (Wildman–Crippen LogP) is 7.35. The number of pyridine rings is 2. The molecule has 0 atom stereocenters. The molecule has 2 aromatic heterocycles. The van der Waals surface area contributed by atoms with Crippen molar-refractivity contribution in [2.75, 3.05) is 0 Å². The number of aryl methyl sites for hydroxylation is 1. The van der Waals surface area contributed by atoms with Gasteiger partial charge in [0, 0.05) is 32.5 Å². The molecule has 0 saturated carbocycles. The van der Waals surface area contributed by atoms with Gasteiger partial charge in [-0.1, -0.05) is 54.6 Å². The number of aromatic nitrogens is 2. The monoisotopic (exact) mass is 627 g/mol. The summed E-state index contributed by atoms with van der Waals surface area (Å²) in [6.45, 7) is 1.91.